The van der Waals surface area contributed by atoms with E-state index in [2.05, 4.69) is 17.0 Å². The zero-order valence-corrected chi connectivity index (χ0v) is 14.2. The molecule has 5 heteroatoms. The molecule has 1 aliphatic heterocycles. The number of piperidine rings is 1. The highest BCUT2D eigenvalue weighted by molar-refractivity contribution is 7.22. The summed E-state index contributed by atoms with van der Waals surface area (Å²) in [5.74, 6) is 0.171. The predicted octanol–water partition coefficient (Wildman–Crippen LogP) is 3.71. The zero-order valence-electron chi connectivity index (χ0n) is 13.3. The molecule has 0 aliphatic carbocycles. The molecular formula is C17H22N2O2S. The van der Waals surface area contributed by atoms with E-state index in [0.717, 1.165) is 36.6 Å². The Balaban J connectivity index is 1.82. The van der Waals surface area contributed by atoms with Gasteiger partial charge in [0.1, 0.15) is 0 Å². The average molecular weight is 318 g/mol. The van der Waals surface area contributed by atoms with Crippen molar-refractivity contribution >= 4 is 32.7 Å². The Morgan fingerprint density at radius 2 is 2.18 bits per heavy atom. The molecular weight excluding hydrogens is 296 g/mol. The molecule has 0 bridgehead atoms. The van der Waals surface area contributed by atoms with Crippen LogP contribution in [0.25, 0.3) is 10.2 Å². The number of rotatable bonds is 3. The van der Waals surface area contributed by atoms with E-state index >= 15 is 0 Å². The Labute approximate surface area is 135 Å². The van der Waals surface area contributed by atoms with Gasteiger partial charge in [0, 0.05) is 13.1 Å². The third kappa shape index (κ3) is 2.70. The number of benzene rings is 1. The number of aromatic nitrogens is 1. The second-order valence-electron chi connectivity index (χ2n) is 6.46. The lowest BCUT2D eigenvalue weighted by Crippen LogP contribution is -2.45. The average Bonchev–Trinajstić information content (AvgIpc) is 2.98. The molecule has 2 aromatic rings. The lowest BCUT2D eigenvalue weighted by Gasteiger charge is -2.39. The highest BCUT2D eigenvalue weighted by Gasteiger charge is 2.40. The van der Waals surface area contributed by atoms with Gasteiger partial charge in [0.2, 0.25) is 0 Å². The van der Waals surface area contributed by atoms with Crippen LogP contribution in [-0.2, 0) is 9.53 Å². The van der Waals surface area contributed by atoms with Crippen LogP contribution in [0.5, 0.6) is 0 Å². The van der Waals surface area contributed by atoms with Crippen molar-refractivity contribution in [2.45, 2.75) is 26.7 Å². The van der Waals surface area contributed by atoms with Crippen LogP contribution in [-0.4, -0.2) is 31.2 Å². The molecule has 0 spiro atoms. The number of methoxy groups -OCH3 is 1. The number of carbonyl (C=O) groups is 1. The maximum atomic E-state index is 12.1. The van der Waals surface area contributed by atoms with Gasteiger partial charge in [-0.2, -0.15) is 0 Å². The number of para-hydroxylation sites is 1. The van der Waals surface area contributed by atoms with E-state index in [1.807, 2.05) is 26.0 Å². The summed E-state index contributed by atoms with van der Waals surface area (Å²) in [6.45, 7) is 5.85. The molecule has 0 saturated carbocycles. The summed E-state index contributed by atoms with van der Waals surface area (Å²) in [4.78, 5) is 19.1. The number of esters is 1. The highest BCUT2D eigenvalue weighted by Crippen LogP contribution is 2.38. The van der Waals surface area contributed by atoms with Gasteiger partial charge in [-0.3, -0.25) is 4.79 Å². The number of hydrogen-bond donors (Lipinski definition) is 0. The van der Waals surface area contributed by atoms with Gasteiger partial charge in [-0.25, -0.2) is 4.98 Å². The van der Waals surface area contributed by atoms with Gasteiger partial charge in [0.15, 0.2) is 5.13 Å². The van der Waals surface area contributed by atoms with Crippen molar-refractivity contribution in [1.29, 1.82) is 0 Å². The minimum atomic E-state index is -0.454. The normalized spacial score (nSPS) is 19.4. The molecule has 22 heavy (non-hydrogen) atoms. The SMILES string of the molecule is COC(=O)C(C)(C)C1CCCN(c2nc3ccccc3s2)C1. The quantitative estimate of drug-likeness (QED) is 0.809. The fourth-order valence-electron chi connectivity index (χ4n) is 3.16. The number of carbonyl (C=O) groups excluding carboxylic acids is 1. The van der Waals surface area contributed by atoms with Gasteiger partial charge in [-0.1, -0.05) is 23.5 Å². The first kappa shape index (κ1) is 15.3. The van der Waals surface area contributed by atoms with Crippen LogP contribution in [0.15, 0.2) is 24.3 Å². The number of anilines is 1. The van der Waals surface area contributed by atoms with Crippen molar-refractivity contribution in [1.82, 2.24) is 4.98 Å². The van der Waals surface area contributed by atoms with E-state index in [9.17, 15) is 4.79 Å². The van der Waals surface area contributed by atoms with Crippen LogP contribution in [0.2, 0.25) is 0 Å². The summed E-state index contributed by atoms with van der Waals surface area (Å²) >= 11 is 1.73. The molecule has 1 aromatic carbocycles. The summed E-state index contributed by atoms with van der Waals surface area (Å²) in [6.07, 6.45) is 2.14. The van der Waals surface area contributed by atoms with Crippen LogP contribution < -0.4 is 4.90 Å². The largest absolute Gasteiger partial charge is 0.469 e. The van der Waals surface area contributed by atoms with Crippen LogP contribution in [0.4, 0.5) is 5.13 Å². The molecule has 4 nitrogen and oxygen atoms in total. The molecule has 1 unspecified atom stereocenters. The molecule has 1 aromatic heterocycles. The first-order valence-electron chi connectivity index (χ1n) is 7.71. The van der Waals surface area contributed by atoms with Crippen molar-refractivity contribution < 1.29 is 9.53 Å². The summed E-state index contributed by atoms with van der Waals surface area (Å²) < 4.78 is 6.20. The molecule has 118 valence electrons. The molecule has 0 radical (unpaired) electrons. The minimum Gasteiger partial charge on any atom is -0.469 e. The Hall–Kier alpha value is -1.62. The summed E-state index contributed by atoms with van der Waals surface area (Å²) in [5, 5.41) is 1.06. The fraction of sp³-hybridized carbons (Fsp3) is 0.529. The van der Waals surface area contributed by atoms with E-state index in [4.69, 9.17) is 9.72 Å². The zero-order chi connectivity index (χ0) is 15.7. The predicted molar refractivity (Wildman–Crippen MR) is 90.4 cm³/mol. The molecule has 1 fully saturated rings. The molecule has 3 rings (SSSR count). The van der Waals surface area contributed by atoms with E-state index in [0.29, 0.717) is 5.92 Å². The lowest BCUT2D eigenvalue weighted by atomic mass is 9.74. The van der Waals surface area contributed by atoms with Crippen molar-refractivity contribution in [3.8, 4) is 0 Å². The molecule has 1 atom stereocenters. The Morgan fingerprint density at radius 1 is 1.41 bits per heavy atom. The Kier molecular flexibility index (Phi) is 4.08. The summed E-state index contributed by atoms with van der Waals surface area (Å²) in [6, 6.07) is 8.22. The van der Waals surface area contributed by atoms with Gasteiger partial charge in [-0.05, 0) is 44.7 Å². The van der Waals surface area contributed by atoms with E-state index in [-0.39, 0.29) is 5.97 Å². The van der Waals surface area contributed by atoms with E-state index < -0.39 is 5.41 Å². The van der Waals surface area contributed by atoms with Gasteiger partial charge in [0.05, 0.1) is 22.7 Å². The van der Waals surface area contributed by atoms with E-state index in [1.165, 1.54) is 11.8 Å². The van der Waals surface area contributed by atoms with Crippen molar-refractivity contribution in [2.24, 2.45) is 11.3 Å². The molecule has 1 saturated heterocycles. The van der Waals surface area contributed by atoms with Crippen molar-refractivity contribution in [3.63, 3.8) is 0 Å². The van der Waals surface area contributed by atoms with E-state index in [1.54, 1.807) is 11.3 Å². The topological polar surface area (TPSA) is 42.4 Å². The second kappa shape index (κ2) is 5.88. The number of nitrogens with zero attached hydrogens (tertiary/aromatic N) is 2. The fourth-order valence-corrected chi connectivity index (χ4v) is 4.17. The molecule has 2 heterocycles. The number of thiazole rings is 1. The maximum absolute atomic E-state index is 12.1. The van der Waals surface area contributed by atoms with Gasteiger partial charge in [-0.15, -0.1) is 0 Å². The van der Waals surface area contributed by atoms with Gasteiger partial charge >= 0.3 is 5.97 Å². The first-order valence-corrected chi connectivity index (χ1v) is 8.53. The van der Waals surface area contributed by atoms with Crippen molar-refractivity contribution in [2.75, 3.05) is 25.1 Å². The Morgan fingerprint density at radius 3 is 2.91 bits per heavy atom. The standard InChI is InChI=1S/C17H22N2O2S/c1-17(2,15(20)21-3)12-7-6-10-19(11-12)16-18-13-8-4-5-9-14(13)22-16/h4-5,8-9,12H,6-7,10-11H2,1-3H3. The maximum Gasteiger partial charge on any atom is 0.311 e. The highest BCUT2D eigenvalue weighted by atomic mass is 32.1. The van der Waals surface area contributed by atoms with Crippen molar-refractivity contribution in [3.05, 3.63) is 24.3 Å². The molecule has 0 amide bonds. The first-order chi connectivity index (χ1) is 10.5. The minimum absolute atomic E-state index is 0.122. The van der Waals surface area contributed by atoms with Crippen LogP contribution in [0, 0.1) is 11.3 Å². The van der Waals surface area contributed by atoms with Crippen LogP contribution in [0.1, 0.15) is 26.7 Å². The van der Waals surface area contributed by atoms with Crippen LogP contribution >= 0.6 is 11.3 Å². The summed E-state index contributed by atoms with van der Waals surface area (Å²) in [7, 11) is 1.47. The Bertz CT molecular complexity index is 647. The van der Waals surface area contributed by atoms with Crippen LogP contribution in [0.3, 0.4) is 0 Å². The lowest BCUT2D eigenvalue weighted by molar-refractivity contribution is -0.154. The number of ether oxygens (including phenoxy) is 1. The number of fused-ring (bicyclic) bond motifs is 1. The third-order valence-corrected chi connectivity index (χ3v) is 5.80. The second-order valence-corrected chi connectivity index (χ2v) is 7.47. The monoisotopic (exact) mass is 318 g/mol. The van der Waals surface area contributed by atoms with Gasteiger partial charge < -0.3 is 9.64 Å². The smallest absolute Gasteiger partial charge is 0.311 e. The molecule has 0 N–H and O–H groups in total. The molecule has 1 aliphatic rings. The van der Waals surface area contributed by atoms with Gasteiger partial charge in [0.25, 0.3) is 0 Å². The number of hydrogen-bond acceptors (Lipinski definition) is 5. The third-order valence-electron chi connectivity index (χ3n) is 4.71. The summed E-state index contributed by atoms with van der Waals surface area (Å²) in [5.41, 5.74) is 0.598.